The molecule has 0 saturated heterocycles. The predicted octanol–water partition coefficient (Wildman–Crippen LogP) is 2.93. The van der Waals surface area contributed by atoms with Crippen LogP contribution in [0.3, 0.4) is 0 Å². The van der Waals surface area contributed by atoms with Gasteiger partial charge in [-0.05, 0) is 67.1 Å². The Morgan fingerprint density at radius 2 is 1.82 bits per heavy atom. The topological polar surface area (TPSA) is 57.5 Å². The molecule has 4 saturated carbocycles. The Bertz CT molecular complexity index is 489. The third-order valence-corrected chi connectivity index (χ3v) is 8.18. The molecule has 0 aromatic carbocycles. The lowest BCUT2D eigenvalue weighted by molar-refractivity contribution is -0.165. The van der Waals surface area contributed by atoms with Crippen molar-refractivity contribution in [2.75, 3.05) is 0 Å². The Balaban J connectivity index is 1.71. The lowest BCUT2D eigenvalue weighted by atomic mass is 9.44. The average Bonchev–Trinajstić information content (AvgIpc) is 2.75. The lowest BCUT2D eigenvalue weighted by Crippen LogP contribution is -2.58. The zero-order valence-electron chi connectivity index (χ0n) is 13.9. The van der Waals surface area contributed by atoms with E-state index in [-0.39, 0.29) is 34.9 Å². The van der Waals surface area contributed by atoms with Crippen LogP contribution in [-0.2, 0) is 4.79 Å². The number of carbonyl (C=O) groups is 1. The molecule has 4 rings (SSSR count). The molecule has 4 aliphatic carbocycles. The molecule has 3 nitrogen and oxygen atoms in total. The summed E-state index contributed by atoms with van der Waals surface area (Å²) in [4.78, 5) is 13.0. The third kappa shape index (κ3) is 1.91. The minimum atomic E-state index is -0.286. The van der Waals surface area contributed by atoms with E-state index >= 15 is 0 Å². The van der Waals surface area contributed by atoms with Gasteiger partial charge < -0.3 is 10.2 Å². The van der Waals surface area contributed by atoms with Crippen LogP contribution in [0.25, 0.3) is 0 Å². The predicted molar refractivity (Wildman–Crippen MR) is 84.1 cm³/mol. The summed E-state index contributed by atoms with van der Waals surface area (Å²) in [6, 6.07) is 0. The number of hydrogen-bond donors (Lipinski definition) is 2. The molecule has 0 aliphatic heterocycles. The van der Waals surface area contributed by atoms with Gasteiger partial charge in [0.15, 0.2) is 0 Å². The van der Waals surface area contributed by atoms with Crippen LogP contribution in [0.5, 0.6) is 0 Å². The normalized spacial score (nSPS) is 57.9. The lowest BCUT2D eigenvalue weighted by Gasteiger charge is -2.59. The van der Waals surface area contributed by atoms with Gasteiger partial charge in [0.1, 0.15) is 5.78 Å². The number of ketones is 1. The van der Waals surface area contributed by atoms with Gasteiger partial charge in [-0.3, -0.25) is 4.79 Å². The van der Waals surface area contributed by atoms with Gasteiger partial charge in [0.25, 0.3) is 0 Å². The van der Waals surface area contributed by atoms with Crippen molar-refractivity contribution in [1.82, 2.24) is 0 Å². The highest BCUT2D eigenvalue weighted by molar-refractivity contribution is 5.83. The summed E-state index contributed by atoms with van der Waals surface area (Å²) < 4.78 is 0. The van der Waals surface area contributed by atoms with E-state index in [9.17, 15) is 15.0 Å². The second-order valence-corrected chi connectivity index (χ2v) is 9.27. The van der Waals surface area contributed by atoms with E-state index in [0.29, 0.717) is 24.0 Å². The monoisotopic (exact) mass is 306 g/mol. The molecular formula is C19H30O3. The molecule has 0 radical (unpaired) electrons. The van der Waals surface area contributed by atoms with Gasteiger partial charge >= 0.3 is 0 Å². The van der Waals surface area contributed by atoms with E-state index in [1.54, 1.807) is 0 Å². The van der Waals surface area contributed by atoms with Crippen molar-refractivity contribution in [2.45, 2.75) is 77.4 Å². The van der Waals surface area contributed by atoms with Gasteiger partial charge in [0, 0.05) is 12.3 Å². The molecule has 0 aromatic rings. The minimum Gasteiger partial charge on any atom is -0.393 e. The Labute approximate surface area is 133 Å². The molecule has 4 fully saturated rings. The van der Waals surface area contributed by atoms with Gasteiger partial charge in [0.05, 0.1) is 12.2 Å². The maximum absolute atomic E-state index is 13.0. The highest BCUT2D eigenvalue weighted by Gasteiger charge is 2.62. The van der Waals surface area contributed by atoms with Crippen LogP contribution in [0.1, 0.15) is 65.2 Å². The standard InChI is InChI=1S/C19H30O3/c1-18-7-5-12-17(14(18)8-11(20)10-18)16(22)9-13-15(21)4-3-6-19(12,13)2/h11-15,17,20-21H,3-10H2,1-2H3/t11-,12-,13-,14-,15+,17+,18+,19+/m0/s1. The van der Waals surface area contributed by atoms with Gasteiger partial charge in [-0.25, -0.2) is 0 Å². The fourth-order valence-corrected chi connectivity index (χ4v) is 7.05. The van der Waals surface area contributed by atoms with E-state index in [1.165, 1.54) is 0 Å². The SMILES string of the molecule is C[C@]12CC[C@H]3[C@@H](C(=O)C[C@H]4[C@H](O)CCC[C@]34C)[C@@H]1C[C@H](O)C2. The molecular weight excluding hydrogens is 276 g/mol. The first kappa shape index (κ1) is 15.1. The molecule has 4 aliphatic rings. The first-order valence-electron chi connectivity index (χ1n) is 9.24. The van der Waals surface area contributed by atoms with Crippen LogP contribution in [0, 0.1) is 34.5 Å². The van der Waals surface area contributed by atoms with Crippen LogP contribution < -0.4 is 0 Å². The molecule has 8 atom stereocenters. The summed E-state index contributed by atoms with van der Waals surface area (Å²) in [5.41, 5.74) is 0.290. The molecule has 3 heteroatoms. The van der Waals surface area contributed by atoms with Crippen LogP contribution >= 0.6 is 0 Å². The number of rotatable bonds is 0. The second kappa shape index (κ2) is 4.80. The number of aliphatic hydroxyl groups is 2. The second-order valence-electron chi connectivity index (χ2n) is 9.27. The number of Topliss-reactive ketones (excluding diaryl/α,β-unsaturated/α-hetero) is 1. The van der Waals surface area contributed by atoms with E-state index in [0.717, 1.165) is 44.9 Å². The Hall–Kier alpha value is -0.410. The van der Waals surface area contributed by atoms with E-state index in [2.05, 4.69) is 13.8 Å². The molecule has 124 valence electrons. The molecule has 0 heterocycles. The highest BCUT2D eigenvalue weighted by Crippen LogP contribution is 2.65. The summed E-state index contributed by atoms with van der Waals surface area (Å²) in [5, 5.41) is 20.7. The van der Waals surface area contributed by atoms with Crippen molar-refractivity contribution in [3.8, 4) is 0 Å². The fourth-order valence-electron chi connectivity index (χ4n) is 7.05. The Morgan fingerprint density at radius 1 is 1.05 bits per heavy atom. The van der Waals surface area contributed by atoms with Crippen molar-refractivity contribution in [3.05, 3.63) is 0 Å². The molecule has 0 bridgehead atoms. The van der Waals surface area contributed by atoms with Gasteiger partial charge in [-0.1, -0.05) is 20.3 Å². The smallest absolute Gasteiger partial charge is 0.136 e. The van der Waals surface area contributed by atoms with Crippen molar-refractivity contribution >= 4 is 5.78 Å². The summed E-state index contributed by atoms with van der Waals surface area (Å²) in [5.74, 6) is 1.49. The number of aliphatic hydroxyl groups excluding tert-OH is 2. The van der Waals surface area contributed by atoms with E-state index in [1.807, 2.05) is 0 Å². The van der Waals surface area contributed by atoms with Crippen molar-refractivity contribution < 1.29 is 15.0 Å². The molecule has 0 amide bonds. The maximum atomic E-state index is 13.0. The maximum Gasteiger partial charge on any atom is 0.136 e. The van der Waals surface area contributed by atoms with E-state index < -0.39 is 0 Å². The summed E-state index contributed by atoms with van der Waals surface area (Å²) in [6.45, 7) is 4.64. The number of fused-ring (bicyclic) bond motifs is 5. The van der Waals surface area contributed by atoms with Crippen LogP contribution in [0.4, 0.5) is 0 Å². The van der Waals surface area contributed by atoms with Crippen molar-refractivity contribution in [1.29, 1.82) is 0 Å². The Morgan fingerprint density at radius 3 is 2.59 bits per heavy atom. The minimum absolute atomic E-state index is 0.130. The van der Waals surface area contributed by atoms with Crippen molar-refractivity contribution in [2.24, 2.45) is 34.5 Å². The zero-order chi connectivity index (χ0) is 15.7. The largest absolute Gasteiger partial charge is 0.393 e. The summed E-state index contributed by atoms with van der Waals surface area (Å²) in [6.07, 6.45) is 7.12. The Kier molecular flexibility index (Phi) is 3.30. The van der Waals surface area contributed by atoms with Crippen molar-refractivity contribution in [3.63, 3.8) is 0 Å². The van der Waals surface area contributed by atoms with Gasteiger partial charge in [0.2, 0.25) is 0 Å². The summed E-state index contributed by atoms with van der Waals surface area (Å²) in [7, 11) is 0. The number of hydrogen-bond acceptors (Lipinski definition) is 3. The first-order chi connectivity index (χ1) is 10.3. The van der Waals surface area contributed by atoms with Gasteiger partial charge in [-0.2, -0.15) is 0 Å². The number of carbonyl (C=O) groups excluding carboxylic acids is 1. The molecule has 0 aromatic heterocycles. The first-order valence-corrected chi connectivity index (χ1v) is 9.24. The molecule has 0 spiro atoms. The molecule has 0 unspecified atom stereocenters. The molecule has 22 heavy (non-hydrogen) atoms. The van der Waals surface area contributed by atoms with Crippen LogP contribution in [0.15, 0.2) is 0 Å². The van der Waals surface area contributed by atoms with Crippen LogP contribution in [-0.4, -0.2) is 28.2 Å². The fraction of sp³-hybridized carbons (Fsp3) is 0.947. The van der Waals surface area contributed by atoms with Crippen LogP contribution in [0.2, 0.25) is 0 Å². The zero-order valence-corrected chi connectivity index (χ0v) is 13.9. The van der Waals surface area contributed by atoms with E-state index in [4.69, 9.17) is 0 Å². The average molecular weight is 306 g/mol. The highest BCUT2D eigenvalue weighted by atomic mass is 16.3. The quantitative estimate of drug-likeness (QED) is 0.723. The molecule has 2 N–H and O–H groups in total. The van der Waals surface area contributed by atoms with Gasteiger partial charge in [-0.15, -0.1) is 0 Å². The summed E-state index contributed by atoms with van der Waals surface area (Å²) >= 11 is 0. The third-order valence-electron chi connectivity index (χ3n) is 8.18.